The second-order valence-corrected chi connectivity index (χ2v) is 7.89. The smallest absolute Gasteiger partial charge is 0.359 e. The molecule has 7 heteroatoms. The number of hydrogen-bond donors (Lipinski definition) is 0. The van der Waals surface area contributed by atoms with Crippen LogP contribution in [-0.2, 0) is 5.41 Å². The molecule has 0 saturated carbocycles. The second-order valence-electron chi connectivity index (χ2n) is 7.89. The lowest BCUT2D eigenvalue weighted by Gasteiger charge is -2.22. The summed E-state index contributed by atoms with van der Waals surface area (Å²) in [5, 5.41) is 0. The highest BCUT2D eigenvalue weighted by atomic mass is 16.5. The first-order valence-corrected chi connectivity index (χ1v) is 9.22. The molecule has 0 aliphatic rings. The summed E-state index contributed by atoms with van der Waals surface area (Å²) in [5.74, 6) is 0.585. The zero-order valence-electron chi connectivity index (χ0n) is 16.7. The predicted octanol–water partition coefficient (Wildman–Crippen LogP) is 2.32. The van der Waals surface area contributed by atoms with Crippen molar-refractivity contribution in [1.82, 2.24) is 13.6 Å². The number of methoxy groups -OCH3 is 1. The lowest BCUT2D eigenvalue weighted by atomic mass is 9.86. The topological polar surface area (TPSA) is 74.2 Å². The zero-order valence-corrected chi connectivity index (χ0v) is 16.7. The summed E-state index contributed by atoms with van der Waals surface area (Å²) in [4.78, 5) is 39.0. The number of fused-ring (bicyclic) bond motifs is 1. The van der Waals surface area contributed by atoms with Gasteiger partial charge in [-0.2, -0.15) is 9.03 Å². The first kappa shape index (κ1) is 18.7. The van der Waals surface area contributed by atoms with Crippen molar-refractivity contribution in [2.45, 2.75) is 26.2 Å². The maximum absolute atomic E-state index is 13.3. The fourth-order valence-corrected chi connectivity index (χ4v) is 3.58. The molecule has 0 amide bonds. The van der Waals surface area contributed by atoms with Crippen LogP contribution in [0.15, 0.2) is 69.0 Å². The van der Waals surface area contributed by atoms with Gasteiger partial charge < -0.3 is 4.74 Å². The Morgan fingerprint density at radius 1 is 0.828 bits per heavy atom. The minimum Gasteiger partial charge on any atom is -0.497 e. The van der Waals surface area contributed by atoms with E-state index < -0.39 is 16.9 Å². The second kappa shape index (κ2) is 6.48. The molecule has 0 saturated heterocycles. The first-order chi connectivity index (χ1) is 13.7. The van der Waals surface area contributed by atoms with Crippen LogP contribution < -0.4 is 21.7 Å². The van der Waals surface area contributed by atoms with Gasteiger partial charge in [-0.25, -0.2) is 14.2 Å². The molecule has 0 radical (unpaired) electrons. The third-order valence-corrected chi connectivity index (χ3v) is 4.96. The first-order valence-electron chi connectivity index (χ1n) is 9.22. The van der Waals surface area contributed by atoms with E-state index in [2.05, 4.69) is 0 Å². The molecule has 2 aromatic carbocycles. The van der Waals surface area contributed by atoms with E-state index in [4.69, 9.17) is 4.74 Å². The van der Waals surface area contributed by atoms with E-state index in [0.29, 0.717) is 22.7 Å². The summed E-state index contributed by atoms with van der Waals surface area (Å²) in [6.07, 6.45) is 0. The summed E-state index contributed by atoms with van der Waals surface area (Å²) in [7, 11) is 1.54. The maximum Gasteiger partial charge on any atom is 0.359 e. The lowest BCUT2D eigenvalue weighted by molar-refractivity contribution is 0.415. The molecule has 0 bridgehead atoms. The molecule has 4 aromatic rings. The Balaban J connectivity index is 2.08. The fourth-order valence-electron chi connectivity index (χ4n) is 3.58. The van der Waals surface area contributed by atoms with Gasteiger partial charge in [0.1, 0.15) is 5.75 Å². The Morgan fingerprint density at radius 3 is 2.21 bits per heavy atom. The predicted molar refractivity (Wildman–Crippen MR) is 111 cm³/mol. The van der Waals surface area contributed by atoms with Gasteiger partial charge in [0.05, 0.1) is 18.5 Å². The van der Waals surface area contributed by atoms with Crippen LogP contribution in [0.1, 0.15) is 26.3 Å². The van der Waals surface area contributed by atoms with Crippen molar-refractivity contribution in [2.75, 3.05) is 7.11 Å². The summed E-state index contributed by atoms with van der Waals surface area (Å²) >= 11 is 0. The maximum atomic E-state index is 13.3. The van der Waals surface area contributed by atoms with E-state index in [1.54, 1.807) is 36.4 Å². The molecule has 2 heterocycles. The summed E-state index contributed by atoms with van der Waals surface area (Å²) in [6, 6.07) is 15.5. The molecular weight excluding hydrogens is 370 g/mol. The fraction of sp³-hybridized carbons (Fsp3) is 0.227. The van der Waals surface area contributed by atoms with Gasteiger partial charge in [-0.05, 0) is 29.2 Å². The number of ether oxygens (including phenoxy) is 1. The molecule has 29 heavy (non-hydrogen) atoms. The van der Waals surface area contributed by atoms with E-state index in [1.807, 2.05) is 32.9 Å². The third-order valence-electron chi connectivity index (χ3n) is 4.96. The van der Waals surface area contributed by atoms with Gasteiger partial charge in [-0.15, -0.1) is 0 Å². The largest absolute Gasteiger partial charge is 0.497 e. The van der Waals surface area contributed by atoms with E-state index in [9.17, 15) is 14.4 Å². The molecule has 0 fully saturated rings. The van der Waals surface area contributed by atoms with Crippen LogP contribution in [-0.4, -0.2) is 20.7 Å². The summed E-state index contributed by atoms with van der Waals surface area (Å²) in [5.41, 5.74) is 0.116. The van der Waals surface area contributed by atoms with Gasteiger partial charge in [0, 0.05) is 11.6 Å². The van der Waals surface area contributed by atoms with E-state index in [0.717, 1.165) is 19.2 Å². The van der Waals surface area contributed by atoms with Gasteiger partial charge in [0.25, 0.3) is 5.56 Å². The van der Waals surface area contributed by atoms with Crippen molar-refractivity contribution in [2.24, 2.45) is 0 Å². The van der Waals surface area contributed by atoms with Crippen LogP contribution in [0.25, 0.3) is 16.9 Å². The molecule has 148 valence electrons. The van der Waals surface area contributed by atoms with Crippen LogP contribution in [0, 0.1) is 0 Å². The van der Waals surface area contributed by atoms with Crippen molar-refractivity contribution in [3.05, 3.63) is 91.5 Å². The Hall–Kier alpha value is -3.61. The molecule has 0 aliphatic carbocycles. The number of rotatable bonds is 3. The molecule has 0 aliphatic heterocycles. The van der Waals surface area contributed by atoms with Crippen LogP contribution in [0.3, 0.4) is 0 Å². The van der Waals surface area contributed by atoms with Crippen molar-refractivity contribution >= 4 is 0 Å². The van der Waals surface area contributed by atoms with Crippen LogP contribution in [0.4, 0.5) is 0 Å². The number of aromatic nitrogens is 3. The molecule has 0 N–H and O–H groups in total. The van der Waals surface area contributed by atoms with Crippen LogP contribution in [0.2, 0.25) is 0 Å². The van der Waals surface area contributed by atoms with E-state index in [1.165, 1.54) is 13.2 Å². The zero-order chi connectivity index (χ0) is 20.9. The van der Waals surface area contributed by atoms with Gasteiger partial charge in [0.2, 0.25) is 0 Å². The van der Waals surface area contributed by atoms with Crippen molar-refractivity contribution in [3.63, 3.8) is 0 Å². The minimum atomic E-state index is -0.689. The number of benzene rings is 2. The number of nitrogens with zero attached hydrogens (tertiary/aromatic N) is 3. The van der Waals surface area contributed by atoms with Gasteiger partial charge in [-0.1, -0.05) is 51.1 Å². The van der Waals surface area contributed by atoms with Gasteiger partial charge >= 0.3 is 11.4 Å². The quantitative estimate of drug-likeness (QED) is 0.537. The molecule has 0 atom stereocenters. The molecule has 0 spiro atoms. The number of hydrogen-bond acceptors (Lipinski definition) is 4. The minimum absolute atomic E-state index is 0.297. The van der Waals surface area contributed by atoms with Gasteiger partial charge in [0.15, 0.2) is 0 Å². The highest BCUT2D eigenvalue weighted by Gasteiger charge is 2.25. The Bertz CT molecular complexity index is 1390. The molecular formula is C22H21N3O4. The van der Waals surface area contributed by atoms with Crippen LogP contribution in [0.5, 0.6) is 5.75 Å². The standard InChI is InChI=1S/C22H21N3O4/c1-22(2,3)16-10-5-6-11-17(16)23-20(27)24-18(13-19(26)25(24)21(23)28)14-8-7-9-15(12-14)29-4/h5-13H,1-4H3. The van der Waals surface area contributed by atoms with E-state index in [-0.39, 0.29) is 5.41 Å². The van der Waals surface area contributed by atoms with Crippen molar-refractivity contribution < 1.29 is 4.74 Å². The third kappa shape index (κ3) is 2.86. The molecule has 7 nitrogen and oxygen atoms in total. The average molecular weight is 391 g/mol. The highest BCUT2D eigenvalue weighted by Crippen LogP contribution is 2.27. The highest BCUT2D eigenvalue weighted by molar-refractivity contribution is 5.61. The van der Waals surface area contributed by atoms with Crippen LogP contribution >= 0.6 is 0 Å². The van der Waals surface area contributed by atoms with E-state index >= 15 is 0 Å². The number of para-hydroxylation sites is 1. The van der Waals surface area contributed by atoms with Gasteiger partial charge in [-0.3, -0.25) is 4.79 Å². The van der Waals surface area contributed by atoms with Crippen molar-refractivity contribution in [3.8, 4) is 22.7 Å². The SMILES string of the molecule is COc1cccc(-c2cc(=O)n3c(=O)n(-c4ccccc4C(C)(C)C)c(=O)n23)c1. The normalized spacial score (nSPS) is 11.9. The molecule has 2 aromatic heterocycles. The molecule has 4 rings (SSSR count). The summed E-state index contributed by atoms with van der Waals surface area (Å²) < 4.78 is 8.29. The monoisotopic (exact) mass is 391 g/mol. The van der Waals surface area contributed by atoms with Crippen molar-refractivity contribution in [1.29, 1.82) is 0 Å². The summed E-state index contributed by atoms with van der Waals surface area (Å²) in [6.45, 7) is 6.01. The lowest BCUT2D eigenvalue weighted by Crippen LogP contribution is -2.31. The Labute approximate surface area is 166 Å². The molecule has 0 unspecified atom stereocenters. The average Bonchev–Trinajstić information content (AvgIpc) is 3.17. The Morgan fingerprint density at radius 2 is 1.52 bits per heavy atom. The Kier molecular flexibility index (Phi) is 4.19.